The van der Waals surface area contributed by atoms with E-state index in [9.17, 15) is 20.1 Å². The predicted octanol–water partition coefficient (Wildman–Crippen LogP) is 5.19. The number of rotatable bonds is 29. The van der Waals surface area contributed by atoms with Gasteiger partial charge in [0.2, 0.25) is 6.79 Å². The molecule has 2 aromatic heterocycles. The second-order valence-electron chi connectivity index (χ2n) is 24.3. The zero-order chi connectivity index (χ0) is 64.5. The molecule has 3 aliphatic heterocycles. The lowest BCUT2D eigenvalue weighted by molar-refractivity contribution is -0.327. The van der Waals surface area contributed by atoms with Crippen LogP contribution in [-0.4, -0.2) is 242 Å². The Hall–Kier alpha value is -4.27. The van der Waals surface area contributed by atoms with E-state index in [1.807, 2.05) is 59.0 Å². The number of carbonyl (C=O) groups excluding carboxylic acids is 1. The third-order valence-corrected chi connectivity index (χ3v) is 18.0. The standard InChI is InChI=1S/C61H101FN8O18/c1-17-48-61(10,74)54(71)39(4)50(65-83-36-81-29-27-76-13)37(2)31-60(9,79-16)56(40(5)51(41(6)57(73)86-48)87-49-32-59(8,78-15)55(72)42(7)85-49)88-58-53(82-35-80-28-26-75-12)46(30-38(3)84-58)68(11)24-22-44-34-70(67-64-44)47(33-62)52(77-14)43-18-20-45(21-19-43)69-25-23-63-66-69/h18-21,23,25,34,37-42,46-49,51-56,58,71-72,74H,17,22,24,26-33,35-36H2,1-16H3/b65-50+/t37-,38-,39+,40+,41-,42+,46+,47-,48-,49+,51+,52-,53-,54-,55+,56-,58+,59-,60-,61-/m1/s1. The topological polar surface area (TPSA) is 284 Å². The summed E-state index contributed by atoms with van der Waals surface area (Å²) in [5.41, 5.74) is -1.94. The number of likely N-dealkylation sites (N-methyl/N-ethyl adjacent to an activating group) is 1. The molecule has 5 heterocycles. The van der Waals surface area contributed by atoms with E-state index >= 15 is 4.39 Å². The minimum absolute atomic E-state index is 0.0762. The Morgan fingerprint density at radius 2 is 1.53 bits per heavy atom. The summed E-state index contributed by atoms with van der Waals surface area (Å²) in [7, 11) is 9.71. The number of aliphatic hydroxyl groups is 3. The predicted molar refractivity (Wildman–Crippen MR) is 318 cm³/mol. The minimum Gasteiger partial charge on any atom is -0.459 e. The second kappa shape index (κ2) is 33.9. The fraction of sp³-hybridized carbons (Fsp3) is 0.803. The van der Waals surface area contributed by atoms with E-state index in [1.165, 1.54) is 25.8 Å². The van der Waals surface area contributed by atoms with Crippen LogP contribution in [-0.2, 0) is 77.6 Å². The van der Waals surface area contributed by atoms with Crippen molar-refractivity contribution in [1.82, 2.24) is 34.9 Å². The summed E-state index contributed by atoms with van der Waals surface area (Å²) in [5.74, 6) is -4.08. The van der Waals surface area contributed by atoms with E-state index in [0.29, 0.717) is 44.0 Å². The molecule has 0 unspecified atom stereocenters. The van der Waals surface area contributed by atoms with Crippen molar-refractivity contribution in [3.8, 4) is 5.69 Å². The first kappa shape index (κ1) is 72.8. The third-order valence-electron chi connectivity index (χ3n) is 18.0. The van der Waals surface area contributed by atoms with Gasteiger partial charge in [0.15, 0.2) is 12.6 Å². The highest BCUT2D eigenvalue weighted by molar-refractivity contribution is 5.88. The Morgan fingerprint density at radius 3 is 2.15 bits per heavy atom. The van der Waals surface area contributed by atoms with Gasteiger partial charge in [-0.15, -0.1) is 10.2 Å². The van der Waals surface area contributed by atoms with Gasteiger partial charge in [-0.3, -0.25) is 4.79 Å². The third kappa shape index (κ3) is 18.1. The zero-order valence-corrected chi connectivity index (χ0v) is 54.5. The number of methoxy groups -OCH3 is 5. The number of hydrogen-bond acceptors (Lipinski definition) is 24. The number of cyclic esters (lactones) is 1. The molecule has 1 aromatic carbocycles. The van der Waals surface area contributed by atoms with E-state index in [0.717, 1.165) is 11.3 Å². The summed E-state index contributed by atoms with van der Waals surface area (Å²) in [6.07, 6.45) is -4.42. The van der Waals surface area contributed by atoms with E-state index in [2.05, 4.69) is 30.7 Å². The second-order valence-corrected chi connectivity index (χ2v) is 24.3. The Bertz CT molecular complexity index is 2540. The molecule has 26 nitrogen and oxygen atoms in total. The number of halogens is 1. The molecule has 0 bridgehead atoms. The lowest BCUT2D eigenvalue weighted by Crippen LogP contribution is -2.62. The maximum absolute atomic E-state index is 15.1. The molecule has 0 amide bonds. The van der Waals surface area contributed by atoms with Gasteiger partial charge in [-0.05, 0) is 85.5 Å². The normalized spacial score (nSPS) is 35.0. The fourth-order valence-corrected chi connectivity index (χ4v) is 12.5. The van der Waals surface area contributed by atoms with Crippen molar-refractivity contribution in [3.05, 3.63) is 54.1 Å². The van der Waals surface area contributed by atoms with Crippen LogP contribution in [0.2, 0.25) is 0 Å². The number of aliphatic hydroxyl groups excluding tert-OH is 2. The highest BCUT2D eigenvalue weighted by Crippen LogP contribution is 2.43. The number of ether oxygens (including phenoxy) is 13. The van der Waals surface area contributed by atoms with Crippen molar-refractivity contribution in [1.29, 1.82) is 0 Å². The monoisotopic (exact) mass is 1250 g/mol. The number of benzene rings is 1. The molecule has 27 heteroatoms. The number of nitrogens with zero attached hydrogens (tertiary/aromatic N) is 8. The molecule has 0 saturated carbocycles. The molecular formula is C61H101FN8O18. The van der Waals surface area contributed by atoms with Gasteiger partial charge in [0.1, 0.15) is 49.5 Å². The Morgan fingerprint density at radius 1 is 0.852 bits per heavy atom. The van der Waals surface area contributed by atoms with Gasteiger partial charge in [-0.25, -0.2) is 13.8 Å². The number of carbonyl (C=O) groups is 1. The molecule has 3 N–H and O–H groups in total. The van der Waals surface area contributed by atoms with Gasteiger partial charge >= 0.3 is 5.97 Å². The lowest BCUT2D eigenvalue weighted by atomic mass is 9.73. The van der Waals surface area contributed by atoms with Crippen molar-refractivity contribution >= 4 is 11.7 Å². The van der Waals surface area contributed by atoms with Crippen molar-refractivity contribution in [3.63, 3.8) is 0 Å². The van der Waals surface area contributed by atoms with Crippen LogP contribution < -0.4 is 0 Å². The van der Waals surface area contributed by atoms with Gasteiger partial charge in [-0.1, -0.05) is 55.4 Å². The number of esters is 1. The number of hydrogen-bond donors (Lipinski definition) is 3. The average molecular weight is 1250 g/mol. The van der Waals surface area contributed by atoms with Crippen molar-refractivity contribution < 1.29 is 90.9 Å². The number of oxime groups is 1. The molecule has 6 rings (SSSR count). The summed E-state index contributed by atoms with van der Waals surface area (Å²) in [4.78, 5) is 22.9. The van der Waals surface area contributed by atoms with Crippen LogP contribution in [0.15, 0.2) is 48.0 Å². The van der Waals surface area contributed by atoms with Crippen molar-refractivity contribution in [2.45, 2.75) is 198 Å². The molecule has 3 fully saturated rings. The Kier molecular flexibility index (Phi) is 28.0. The Labute approximate surface area is 518 Å². The maximum Gasteiger partial charge on any atom is 0.311 e. The fourth-order valence-electron chi connectivity index (χ4n) is 12.5. The molecule has 88 heavy (non-hydrogen) atoms. The average Bonchev–Trinajstić information content (AvgIpc) is 2.35. The summed E-state index contributed by atoms with van der Waals surface area (Å²) in [5, 5.41) is 57.3. The first-order valence-corrected chi connectivity index (χ1v) is 30.6. The van der Waals surface area contributed by atoms with E-state index < -0.39 is 127 Å². The summed E-state index contributed by atoms with van der Waals surface area (Å²) < 4.78 is 99.5. The van der Waals surface area contributed by atoms with Crippen LogP contribution in [0.1, 0.15) is 118 Å². The smallest absolute Gasteiger partial charge is 0.311 e. The molecule has 0 spiro atoms. The first-order chi connectivity index (χ1) is 41.9. The lowest BCUT2D eigenvalue weighted by Gasteiger charge is -2.50. The molecular weight excluding hydrogens is 1150 g/mol. The SMILES string of the molecule is CC[C@H]1OC(=O)[C@H](C)[C@@H](O[C@H]2C[C@@](C)(OC)[C@@H](O)[C@H](C)O2)[C@H](C)[C@@H](O[C@@H]2O[C@H](C)C[C@H](N(C)CCc3cn([C@H](CF)[C@H](OC)c4ccc(-n5ccnn5)cc4)nn3)[C@H]2OCOCCOC)[C@](C)(OC)C[C@@H](C)/C(=N\OCOCCOC)[C@H](C)[C@@H](O)[C@]1(C)O. The molecule has 3 aromatic rings. The van der Waals surface area contributed by atoms with Crippen LogP contribution in [0, 0.1) is 23.7 Å². The van der Waals surface area contributed by atoms with Crippen LogP contribution in [0.3, 0.4) is 0 Å². The summed E-state index contributed by atoms with van der Waals surface area (Å²) in [6.45, 7) is 18.1. The quantitative estimate of drug-likeness (QED) is 0.0349. The molecule has 0 aliphatic carbocycles. The molecule has 3 saturated heterocycles. The number of aromatic nitrogens is 6. The molecule has 0 radical (unpaired) electrons. The van der Waals surface area contributed by atoms with Gasteiger partial charge < -0.3 is 86.6 Å². The summed E-state index contributed by atoms with van der Waals surface area (Å²) in [6, 6.07) is 6.24. The highest BCUT2D eigenvalue weighted by Gasteiger charge is 2.54. The molecule has 3 aliphatic rings. The summed E-state index contributed by atoms with van der Waals surface area (Å²) >= 11 is 0. The Balaban J connectivity index is 1.39. The maximum atomic E-state index is 15.1. The van der Waals surface area contributed by atoms with Crippen LogP contribution in [0.25, 0.3) is 5.69 Å². The number of alkyl halides is 1. The minimum atomic E-state index is -2.00. The molecule has 500 valence electrons. The largest absolute Gasteiger partial charge is 0.459 e. The van der Waals surface area contributed by atoms with E-state index in [4.69, 9.17) is 66.4 Å². The van der Waals surface area contributed by atoms with Gasteiger partial charge in [0.05, 0.1) is 104 Å². The highest BCUT2D eigenvalue weighted by atomic mass is 19.1. The molecule has 20 atom stereocenters. The van der Waals surface area contributed by atoms with Crippen LogP contribution in [0.5, 0.6) is 0 Å². The first-order valence-electron chi connectivity index (χ1n) is 30.6. The van der Waals surface area contributed by atoms with E-state index in [-0.39, 0.29) is 52.1 Å². The van der Waals surface area contributed by atoms with Gasteiger partial charge in [-0.2, -0.15) is 0 Å². The van der Waals surface area contributed by atoms with Crippen molar-refractivity contribution in [2.75, 3.05) is 95.8 Å². The van der Waals surface area contributed by atoms with Crippen LogP contribution >= 0.6 is 0 Å². The zero-order valence-electron chi connectivity index (χ0n) is 54.5. The van der Waals surface area contributed by atoms with E-state index in [1.54, 1.807) is 79.2 Å². The van der Waals surface area contributed by atoms with Gasteiger partial charge in [0, 0.05) is 84.9 Å². The van der Waals surface area contributed by atoms with Gasteiger partial charge in [0.25, 0.3) is 0 Å². The van der Waals surface area contributed by atoms with Crippen LogP contribution in [0.4, 0.5) is 4.39 Å². The van der Waals surface area contributed by atoms with Crippen molar-refractivity contribution in [2.24, 2.45) is 28.8 Å².